The van der Waals surface area contributed by atoms with Crippen molar-refractivity contribution in [1.29, 1.82) is 0 Å². The van der Waals surface area contributed by atoms with E-state index in [1.165, 1.54) is 6.26 Å². The number of anilines is 1. The van der Waals surface area contributed by atoms with E-state index >= 15 is 0 Å². The number of ether oxygens (including phenoxy) is 1. The van der Waals surface area contributed by atoms with Crippen LogP contribution in [-0.4, -0.2) is 24.4 Å². The van der Waals surface area contributed by atoms with E-state index in [9.17, 15) is 14.4 Å². The summed E-state index contributed by atoms with van der Waals surface area (Å²) >= 11 is 0. The van der Waals surface area contributed by atoms with Crippen LogP contribution in [0.4, 0.5) is 5.69 Å². The third kappa shape index (κ3) is 5.28. The minimum Gasteiger partial charge on any atom is -0.467 e. The van der Waals surface area contributed by atoms with Gasteiger partial charge in [-0.2, -0.15) is 0 Å². The van der Waals surface area contributed by atoms with Crippen molar-refractivity contribution in [2.24, 2.45) is 0 Å². The third-order valence-corrected chi connectivity index (χ3v) is 3.04. The maximum absolute atomic E-state index is 11.8. The maximum Gasteiger partial charge on any atom is 0.338 e. The zero-order chi connectivity index (χ0) is 17.4. The lowest BCUT2D eigenvalue weighted by Gasteiger charge is -2.07. The molecule has 126 valence electrons. The summed E-state index contributed by atoms with van der Waals surface area (Å²) in [7, 11) is 0. The van der Waals surface area contributed by atoms with Gasteiger partial charge in [0.1, 0.15) is 12.2 Å². The van der Waals surface area contributed by atoms with E-state index in [4.69, 9.17) is 9.15 Å². The minimum atomic E-state index is -0.448. The number of nitrogens with one attached hydrogen (secondary N) is 2. The molecule has 2 N–H and O–H groups in total. The summed E-state index contributed by atoms with van der Waals surface area (Å²) < 4.78 is 9.95. The Hall–Kier alpha value is -3.09. The number of carbonyl (C=O) groups is 3. The van der Waals surface area contributed by atoms with Crippen LogP contribution in [0, 0.1) is 0 Å². The smallest absolute Gasteiger partial charge is 0.338 e. The summed E-state index contributed by atoms with van der Waals surface area (Å²) in [6, 6.07) is 9.69. The number of benzene rings is 1. The molecule has 0 aliphatic rings. The number of hydrogen-bond donors (Lipinski definition) is 2. The molecule has 0 spiro atoms. The van der Waals surface area contributed by atoms with E-state index in [0.717, 1.165) is 0 Å². The predicted molar refractivity (Wildman–Crippen MR) is 86.2 cm³/mol. The second-order valence-electron chi connectivity index (χ2n) is 4.88. The van der Waals surface area contributed by atoms with E-state index in [-0.39, 0.29) is 13.0 Å². The first-order valence-electron chi connectivity index (χ1n) is 7.44. The molecule has 0 radical (unpaired) electrons. The van der Waals surface area contributed by atoms with Gasteiger partial charge in [-0.25, -0.2) is 4.79 Å². The molecule has 2 rings (SSSR count). The molecule has 2 amide bonds. The molecule has 7 heteroatoms. The summed E-state index contributed by atoms with van der Waals surface area (Å²) in [5.41, 5.74) is 0.887. The Morgan fingerprint density at radius 2 is 1.83 bits per heavy atom. The Morgan fingerprint density at radius 3 is 2.46 bits per heavy atom. The van der Waals surface area contributed by atoms with Crippen molar-refractivity contribution in [2.75, 3.05) is 11.9 Å². The van der Waals surface area contributed by atoms with E-state index in [1.807, 2.05) is 0 Å². The highest BCUT2D eigenvalue weighted by molar-refractivity contribution is 6.03. The number of rotatable bonds is 7. The molecule has 1 aromatic carbocycles. The van der Waals surface area contributed by atoms with Crippen LogP contribution in [0.3, 0.4) is 0 Å². The monoisotopic (exact) mass is 330 g/mol. The van der Waals surface area contributed by atoms with Gasteiger partial charge in [0.05, 0.1) is 25.0 Å². The lowest BCUT2D eigenvalue weighted by molar-refractivity contribution is -0.127. The quantitative estimate of drug-likeness (QED) is 0.598. The molecular weight excluding hydrogens is 312 g/mol. The van der Waals surface area contributed by atoms with Gasteiger partial charge in [0.25, 0.3) is 0 Å². The van der Waals surface area contributed by atoms with E-state index in [0.29, 0.717) is 23.6 Å². The van der Waals surface area contributed by atoms with Gasteiger partial charge in [-0.1, -0.05) is 0 Å². The molecular formula is C17H18N2O5. The molecule has 0 atom stereocenters. The molecule has 0 bridgehead atoms. The van der Waals surface area contributed by atoms with Crippen molar-refractivity contribution in [3.05, 3.63) is 54.0 Å². The van der Waals surface area contributed by atoms with Gasteiger partial charge < -0.3 is 19.8 Å². The van der Waals surface area contributed by atoms with Crippen LogP contribution in [-0.2, 0) is 20.9 Å². The molecule has 2 aromatic rings. The van der Waals surface area contributed by atoms with Crippen LogP contribution in [0.5, 0.6) is 0 Å². The first-order valence-corrected chi connectivity index (χ1v) is 7.44. The largest absolute Gasteiger partial charge is 0.467 e. The van der Waals surface area contributed by atoms with Crippen LogP contribution < -0.4 is 10.6 Å². The van der Waals surface area contributed by atoms with Gasteiger partial charge in [0.15, 0.2) is 0 Å². The first-order chi connectivity index (χ1) is 11.6. The first kappa shape index (κ1) is 17.3. The van der Waals surface area contributed by atoms with Crippen LogP contribution >= 0.6 is 0 Å². The Bertz CT molecular complexity index is 692. The normalized spacial score (nSPS) is 10.0. The molecule has 24 heavy (non-hydrogen) atoms. The fourth-order valence-corrected chi connectivity index (χ4v) is 1.92. The van der Waals surface area contributed by atoms with Crippen molar-refractivity contribution >= 4 is 23.5 Å². The molecule has 1 heterocycles. The Balaban J connectivity index is 1.79. The van der Waals surface area contributed by atoms with Crippen molar-refractivity contribution in [3.63, 3.8) is 0 Å². The third-order valence-electron chi connectivity index (χ3n) is 3.04. The standard InChI is InChI=1S/C17H18N2O5/c1-2-23-17(22)12-5-7-13(8-6-12)19-16(21)10-15(20)18-11-14-4-3-9-24-14/h3-9H,2,10-11H2,1H3,(H,18,20)(H,19,21). The average Bonchev–Trinajstić information content (AvgIpc) is 3.07. The molecule has 0 unspecified atom stereocenters. The van der Waals surface area contributed by atoms with Crippen molar-refractivity contribution < 1.29 is 23.5 Å². The predicted octanol–water partition coefficient (Wildman–Crippen LogP) is 2.10. The molecule has 0 fully saturated rings. The van der Waals surface area contributed by atoms with E-state index < -0.39 is 17.8 Å². The van der Waals surface area contributed by atoms with Crippen LogP contribution in [0.1, 0.15) is 29.5 Å². The second kappa shape index (κ2) is 8.52. The summed E-state index contributed by atoms with van der Waals surface area (Å²) in [4.78, 5) is 35.0. The van der Waals surface area contributed by atoms with Crippen LogP contribution in [0.25, 0.3) is 0 Å². The fourth-order valence-electron chi connectivity index (χ4n) is 1.92. The zero-order valence-corrected chi connectivity index (χ0v) is 13.2. The molecule has 0 aliphatic carbocycles. The van der Waals surface area contributed by atoms with Gasteiger partial charge in [-0.3, -0.25) is 9.59 Å². The van der Waals surface area contributed by atoms with Crippen LogP contribution in [0.2, 0.25) is 0 Å². The van der Waals surface area contributed by atoms with Gasteiger partial charge in [-0.15, -0.1) is 0 Å². The summed E-state index contributed by atoms with van der Waals surface area (Å²) in [6.07, 6.45) is 1.20. The number of amides is 2. The number of carbonyl (C=O) groups excluding carboxylic acids is 3. The lowest BCUT2D eigenvalue weighted by atomic mass is 10.2. The molecule has 0 saturated heterocycles. The minimum absolute atomic E-state index is 0.230. The van der Waals surface area contributed by atoms with Crippen LogP contribution in [0.15, 0.2) is 47.1 Å². The van der Waals surface area contributed by atoms with E-state index in [2.05, 4.69) is 10.6 Å². The lowest BCUT2D eigenvalue weighted by Crippen LogP contribution is -2.27. The fraction of sp³-hybridized carbons (Fsp3) is 0.235. The SMILES string of the molecule is CCOC(=O)c1ccc(NC(=O)CC(=O)NCc2ccco2)cc1. The van der Waals surface area contributed by atoms with Crippen molar-refractivity contribution in [1.82, 2.24) is 5.32 Å². The number of esters is 1. The summed E-state index contributed by atoms with van der Waals surface area (Å²) in [5.74, 6) is -0.672. The Kier molecular flexibility index (Phi) is 6.13. The highest BCUT2D eigenvalue weighted by Crippen LogP contribution is 2.11. The van der Waals surface area contributed by atoms with E-state index in [1.54, 1.807) is 43.3 Å². The van der Waals surface area contributed by atoms with Gasteiger partial charge in [0, 0.05) is 5.69 Å². The molecule has 1 aromatic heterocycles. The molecule has 0 aliphatic heterocycles. The second-order valence-corrected chi connectivity index (χ2v) is 4.88. The van der Waals surface area contributed by atoms with Gasteiger partial charge in [0.2, 0.25) is 11.8 Å². The highest BCUT2D eigenvalue weighted by Gasteiger charge is 2.11. The highest BCUT2D eigenvalue weighted by atomic mass is 16.5. The summed E-state index contributed by atoms with van der Waals surface area (Å²) in [6.45, 7) is 2.25. The summed E-state index contributed by atoms with van der Waals surface area (Å²) in [5, 5.41) is 5.17. The topological polar surface area (TPSA) is 97.6 Å². The van der Waals surface area contributed by atoms with Gasteiger partial charge >= 0.3 is 5.97 Å². The van der Waals surface area contributed by atoms with Crippen molar-refractivity contribution in [2.45, 2.75) is 19.9 Å². The average molecular weight is 330 g/mol. The molecule has 0 saturated carbocycles. The number of furan rings is 1. The molecule has 7 nitrogen and oxygen atoms in total. The van der Waals surface area contributed by atoms with Crippen molar-refractivity contribution in [3.8, 4) is 0 Å². The number of hydrogen-bond acceptors (Lipinski definition) is 5. The Labute approximate surface area is 139 Å². The maximum atomic E-state index is 11.8. The van der Waals surface area contributed by atoms with Gasteiger partial charge in [-0.05, 0) is 43.3 Å². The zero-order valence-electron chi connectivity index (χ0n) is 13.2. The Morgan fingerprint density at radius 1 is 1.08 bits per heavy atom.